The van der Waals surface area contributed by atoms with E-state index in [0.717, 1.165) is 51.7 Å². The largest absolute Gasteiger partial charge is 0.495 e. The second-order valence-electron chi connectivity index (χ2n) is 7.94. The van der Waals surface area contributed by atoms with Crippen molar-refractivity contribution in [1.82, 2.24) is 20.4 Å². The molecule has 3 saturated heterocycles. The van der Waals surface area contributed by atoms with Gasteiger partial charge in [0.05, 0.1) is 12.8 Å². The molecule has 0 aromatic heterocycles. The van der Waals surface area contributed by atoms with E-state index in [4.69, 9.17) is 4.74 Å². The van der Waals surface area contributed by atoms with Gasteiger partial charge in [0.15, 0.2) is 0 Å². The Morgan fingerprint density at radius 1 is 1.21 bits per heavy atom. The molecule has 3 amide bonds. The maximum atomic E-state index is 13.1. The monoisotopic (exact) mass is 399 g/mol. The summed E-state index contributed by atoms with van der Waals surface area (Å²) in [6.07, 6.45) is 0.658. The van der Waals surface area contributed by atoms with Crippen molar-refractivity contribution >= 4 is 17.6 Å². The highest BCUT2D eigenvalue weighted by Gasteiger charge is 2.28. The Morgan fingerprint density at radius 2 is 1.97 bits per heavy atom. The Hall–Kier alpha value is -2.58. The van der Waals surface area contributed by atoms with Crippen molar-refractivity contribution < 1.29 is 14.3 Å². The van der Waals surface area contributed by atoms with Gasteiger partial charge < -0.3 is 20.3 Å². The van der Waals surface area contributed by atoms with Crippen LogP contribution < -0.4 is 20.3 Å². The standard InChI is InChI=1S/C21H29N5O3/c1-15-5-6-26(21(28)23-15)18-11-17(3-4-19(18)29-2)20(27)25-9-7-24(8-10-25)14-16-12-22-13-16/h3-4,11,16,22H,1,5-10,12-14H2,2H3,(H,23,28). The average Bonchev–Trinajstić information content (AvgIpc) is 2.70. The van der Waals surface area contributed by atoms with Crippen LogP contribution in [0.4, 0.5) is 10.5 Å². The van der Waals surface area contributed by atoms with Crippen molar-refractivity contribution in [3.8, 4) is 5.75 Å². The third kappa shape index (κ3) is 4.23. The van der Waals surface area contributed by atoms with Crippen molar-refractivity contribution in [3.05, 3.63) is 36.0 Å². The van der Waals surface area contributed by atoms with E-state index in [1.165, 1.54) is 0 Å². The van der Waals surface area contributed by atoms with Crippen LogP contribution in [0.1, 0.15) is 16.8 Å². The number of nitrogens with zero attached hydrogens (tertiary/aromatic N) is 3. The van der Waals surface area contributed by atoms with E-state index in [1.807, 2.05) is 4.90 Å². The molecule has 0 unspecified atom stereocenters. The normalized spacial score (nSPS) is 21.0. The first-order valence-corrected chi connectivity index (χ1v) is 10.2. The van der Waals surface area contributed by atoms with Gasteiger partial charge in [-0.05, 0) is 24.1 Å². The minimum absolute atomic E-state index is 0.000640. The molecule has 3 aliphatic rings. The van der Waals surface area contributed by atoms with E-state index in [9.17, 15) is 9.59 Å². The van der Waals surface area contributed by atoms with Crippen molar-refractivity contribution in [2.75, 3.05) is 64.4 Å². The van der Waals surface area contributed by atoms with E-state index in [0.29, 0.717) is 35.7 Å². The van der Waals surface area contributed by atoms with Gasteiger partial charge in [0.25, 0.3) is 5.91 Å². The molecule has 0 radical (unpaired) electrons. The highest BCUT2D eigenvalue weighted by molar-refractivity contribution is 5.99. The lowest BCUT2D eigenvalue weighted by Gasteiger charge is -2.39. The fraction of sp³-hybridized carbons (Fsp3) is 0.524. The van der Waals surface area contributed by atoms with E-state index in [1.54, 1.807) is 30.2 Å². The molecule has 0 aliphatic carbocycles. The number of amides is 3. The molecule has 0 bridgehead atoms. The van der Waals surface area contributed by atoms with Gasteiger partial charge in [-0.2, -0.15) is 0 Å². The molecule has 4 rings (SSSR count). The van der Waals surface area contributed by atoms with Gasteiger partial charge in [0.2, 0.25) is 0 Å². The summed E-state index contributed by atoms with van der Waals surface area (Å²) < 4.78 is 5.44. The highest BCUT2D eigenvalue weighted by atomic mass is 16.5. The summed E-state index contributed by atoms with van der Waals surface area (Å²) in [6.45, 7) is 10.9. The lowest BCUT2D eigenvalue weighted by molar-refractivity contribution is 0.0601. The summed E-state index contributed by atoms with van der Waals surface area (Å²) >= 11 is 0. The van der Waals surface area contributed by atoms with Gasteiger partial charge in [-0.15, -0.1) is 0 Å². The van der Waals surface area contributed by atoms with Crippen LogP contribution in [0, 0.1) is 5.92 Å². The maximum absolute atomic E-state index is 13.1. The molecule has 2 N–H and O–H groups in total. The first-order valence-electron chi connectivity index (χ1n) is 10.2. The highest BCUT2D eigenvalue weighted by Crippen LogP contribution is 2.31. The smallest absolute Gasteiger partial charge is 0.326 e. The molecule has 3 heterocycles. The SMILES string of the molecule is C=C1CCN(c2cc(C(=O)N3CCN(CC4CNC4)CC3)ccc2OC)C(=O)N1. The first kappa shape index (κ1) is 19.7. The van der Waals surface area contributed by atoms with Crippen molar-refractivity contribution in [2.45, 2.75) is 6.42 Å². The zero-order valence-electron chi connectivity index (χ0n) is 16.9. The predicted molar refractivity (Wildman–Crippen MR) is 111 cm³/mol. The number of carbonyl (C=O) groups is 2. The number of anilines is 1. The fourth-order valence-corrected chi connectivity index (χ4v) is 4.05. The van der Waals surface area contributed by atoms with Gasteiger partial charge >= 0.3 is 6.03 Å². The molecule has 1 aromatic carbocycles. The molecule has 29 heavy (non-hydrogen) atoms. The summed E-state index contributed by atoms with van der Waals surface area (Å²) in [6, 6.07) is 5.06. The number of hydrogen-bond acceptors (Lipinski definition) is 5. The number of benzene rings is 1. The number of rotatable bonds is 5. The minimum atomic E-state index is -0.247. The van der Waals surface area contributed by atoms with Crippen LogP contribution in [0.5, 0.6) is 5.75 Å². The lowest BCUT2D eigenvalue weighted by Crippen LogP contribution is -2.54. The molecular formula is C21H29N5O3. The van der Waals surface area contributed by atoms with Crippen LogP contribution in [-0.4, -0.2) is 81.2 Å². The quantitative estimate of drug-likeness (QED) is 0.776. The van der Waals surface area contributed by atoms with Gasteiger partial charge in [0.1, 0.15) is 5.75 Å². The molecule has 0 saturated carbocycles. The topological polar surface area (TPSA) is 77.2 Å². The Kier molecular flexibility index (Phi) is 5.73. The molecule has 1 aromatic rings. The van der Waals surface area contributed by atoms with Crippen LogP contribution in [0.3, 0.4) is 0 Å². The summed E-state index contributed by atoms with van der Waals surface area (Å²) in [5, 5.41) is 6.06. The minimum Gasteiger partial charge on any atom is -0.495 e. The van der Waals surface area contributed by atoms with E-state index in [2.05, 4.69) is 22.1 Å². The molecule has 8 nitrogen and oxygen atoms in total. The van der Waals surface area contributed by atoms with Crippen LogP contribution in [0.2, 0.25) is 0 Å². The second kappa shape index (κ2) is 8.42. The number of urea groups is 1. The zero-order valence-corrected chi connectivity index (χ0v) is 16.9. The van der Waals surface area contributed by atoms with Gasteiger partial charge in [0, 0.05) is 70.0 Å². The van der Waals surface area contributed by atoms with Gasteiger partial charge in [-0.25, -0.2) is 4.79 Å². The molecule has 8 heteroatoms. The average molecular weight is 399 g/mol. The van der Waals surface area contributed by atoms with Gasteiger partial charge in [-0.1, -0.05) is 6.58 Å². The third-order valence-corrected chi connectivity index (χ3v) is 5.92. The Balaban J connectivity index is 1.45. The van der Waals surface area contributed by atoms with Crippen LogP contribution in [0.25, 0.3) is 0 Å². The van der Waals surface area contributed by atoms with Crippen molar-refractivity contribution in [3.63, 3.8) is 0 Å². The summed E-state index contributed by atoms with van der Waals surface area (Å²) in [5.41, 5.74) is 1.89. The number of piperazine rings is 1. The predicted octanol–water partition coefficient (Wildman–Crippen LogP) is 1.11. The van der Waals surface area contributed by atoms with E-state index >= 15 is 0 Å². The molecule has 156 valence electrons. The van der Waals surface area contributed by atoms with E-state index < -0.39 is 0 Å². The molecular weight excluding hydrogens is 370 g/mol. The van der Waals surface area contributed by atoms with Gasteiger partial charge in [-0.3, -0.25) is 14.6 Å². The second-order valence-corrected chi connectivity index (χ2v) is 7.94. The Bertz CT molecular complexity index is 800. The summed E-state index contributed by atoms with van der Waals surface area (Å²) in [4.78, 5) is 31.4. The molecule has 0 atom stereocenters. The number of ether oxygens (including phenoxy) is 1. The zero-order chi connectivity index (χ0) is 20.4. The maximum Gasteiger partial charge on any atom is 0.326 e. The Labute approximate surface area is 171 Å². The van der Waals surface area contributed by atoms with E-state index in [-0.39, 0.29) is 11.9 Å². The number of carbonyl (C=O) groups excluding carboxylic acids is 2. The van der Waals surface area contributed by atoms with Crippen molar-refractivity contribution in [1.29, 1.82) is 0 Å². The molecule has 0 spiro atoms. The fourth-order valence-electron chi connectivity index (χ4n) is 4.05. The number of nitrogens with one attached hydrogen (secondary N) is 2. The van der Waals surface area contributed by atoms with Crippen LogP contribution >= 0.6 is 0 Å². The number of hydrogen-bond donors (Lipinski definition) is 2. The Morgan fingerprint density at radius 3 is 2.59 bits per heavy atom. The van der Waals surface area contributed by atoms with Crippen LogP contribution in [0.15, 0.2) is 30.5 Å². The lowest BCUT2D eigenvalue weighted by atomic mass is 10.0. The third-order valence-electron chi connectivity index (χ3n) is 5.92. The first-order chi connectivity index (χ1) is 14.0. The summed E-state index contributed by atoms with van der Waals surface area (Å²) in [7, 11) is 1.57. The van der Waals surface area contributed by atoms with Crippen molar-refractivity contribution in [2.24, 2.45) is 5.92 Å². The molecule has 3 fully saturated rings. The van der Waals surface area contributed by atoms with Crippen LogP contribution in [-0.2, 0) is 0 Å². The molecule has 3 aliphatic heterocycles. The summed E-state index contributed by atoms with van der Waals surface area (Å²) in [5.74, 6) is 1.32. The number of methoxy groups -OCH3 is 1.